The Morgan fingerprint density at radius 2 is 1.96 bits per heavy atom. The van der Waals surface area contributed by atoms with Crippen LogP contribution >= 0.6 is 0 Å². The molecule has 1 aromatic carbocycles. The lowest BCUT2D eigenvalue weighted by molar-refractivity contribution is -0.141. The lowest BCUT2D eigenvalue weighted by Gasteiger charge is -2.23. The standard InChI is InChI=1S/C17H22N4O3/c18-16(22)12-20-7-4-8-21(10-9-20)17(23)15-11-14(19-24-15)13-5-2-1-3-6-13/h1-3,5-6,15H,4,7-12H2,(H2,18,22)/t15-/m0/s1. The van der Waals surface area contributed by atoms with Gasteiger partial charge in [-0.05, 0) is 12.0 Å². The zero-order valence-corrected chi connectivity index (χ0v) is 13.6. The second-order valence-electron chi connectivity index (χ2n) is 6.12. The topological polar surface area (TPSA) is 88.2 Å². The summed E-state index contributed by atoms with van der Waals surface area (Å²) >= 11 is 0. The Kier molecular flexibility index (Phi) is 5.10. The second-order valence-corrected chi connectivity index (χ2v) is 6.12. The van der Waals surface area contributed by atoms with Crippen molar-refractivity contribution in [2.75, 3.05) is 32.7 Å². The van der Waals surface area contributed by atoms with Gasteiger partial charge in [0.25, 0.3) is 5.91 Å². The van der Waals surface area contributed by atoms with Gasteiger partial charge in [0.2, 0.25) is 12.0 Å². The number of primary amides is 1. The molecule has 7 nitrogen and oxygen atoms in total. The van der Waals surface area contributed by atoms with E-state index in [4.69, 9.17) is 10.6 Å². The summed E-state index contributed by atoms with van der Waals surface area (Å²) in [6.07, 6.45) is 0.755. The average molecular weight is 330 g/mol. The van der Waals surface area contributed by atoms with Crippen LogP contribution in [-0.4, -0.2) is 66.2 Å². The SMILES string of the molecule is NC(=O)CN1CCCN(C(=O)[C@@H]2CC(c3ccccc3)=NO2)CC1. The quantitative estimate of drug-likeness (QED) is 0.854. The van der Waals surface area contributed by atoms with Gasteiger partial charge in [0.05, 0.1) is 12.3 Å². The fraction of sp³-hybridized carbons (Fsp3) is 0.471. The summed E-state index contributed by atoms with van der Waals surface area (Å²) in [5.74, 6) is -0.375. The maximum Gasteiger partial charge on any atom is 0.266 e. The number of rotatable bonds is 4. The molecule has 0 unspecified atom stereocenters. The highest BCUT2D eigenvalue weighted by molar-refractivity contribution is 6.04. The first kappa shape index (κ1) is 16.4. The number of hydrogen-bond acceptors (Lipinski definition) is 5. The molecule has 3 rings (SSSR count). The van der Waals surface area contributed by atoms with Crippen molar-refractivity contribution in [3.05, 3.63) is 35.9 Å². The van der Waals surface area contributed by atoms with Crippen molar-refractivity contribution in [3.63, 3.8) is 0 Å². The molecule has 2 aliphatic rings. The molecule has 2 aliphatic heterocycles. The monoisotopic (exact) mass is 330 g/mol. The molecule has 24 heavy (non-hydrogen) atoms. The minimum Gasteiger partial charge on any atom is -0.382 e. The summed E-state index contributed by atoms with van der Waals surface area (Å²) in [4.78, 5) is 32.9. The summed E-state index contributed by atoms with van der Waals surface area (Å²) in [6, 6.07) is 9.74. The molecule has 0 radical (unpaired) electrons. The van der Waals surface area contributed by atoms with E-state index in [-0.39, 0.29) is 18.4 Å². The fourth-order valence-corrected chi connectivity index (χ4v) is 3.08. The van der Waals surface area contributed by atoms with E-state index in [0.717, 1.165) is 24.2 Å². The Labute approximate surface area is 141 Å². The van der Waals surface area contributed by atoms with Gasteiger partial charge in [0.15, 0.2) is 0 Å². The highest BCUT2D eigenvalue weighted by atomic mass is 16.6. The normalized spacial score (nSPS) is 21.8. The molecule has 1 atom stereocenters. The number of nitrogens with zero attached hydrogens (tertiary/aromatic N) is 3. The van der Waals surface area contributed by atoms with Gasteiger partial charge in [-0.3, -0.25) is 14.5 Å². The molecule has 2 heterocycles. The third-order valence-electron chi connectivity index (χ3n) is 4.33. The van der Waals surface area contributed by atoms with E-state index in [1.54, 1.807) is 4.90 Å². The van der Waals surface area contributed by atoms with E-state index < -0.39 is 6.10 Å². The molecule has 0 spiro atoms. The molecule has 7 heteroatoms. The molecule has 2 amide bonds. The van der Waals surface area contributed by atoms with Gasteiger partial charge in [-0.15, -0.1) is 0 Å². The van der Waals surface area contributed by atoms with Crippen LogP contribution in [0.15, 0.2) is 35.5 Å². The van der Waals surface area contributed by atoms with E-state index in [1.807, 2.05) is 35.2 Å². The Bertz CT molecular complexity index is 632. The van der Waals surface area contributed by atoms with Crippen LogP contribution in [0.1, 0.15) is 18.4 Å². The maximum absolute atomic E-state index is 12.7. The molecular formula is C17H22N4O3. The Balaban J connectivity index is 1.55. The zero-order valence-electron chi connectivity index (χ0n) is 13.6. The van der Waals surface area contributed by atoms with Crippen molar-refractivity contribution >= 4 is 17.5 Å². The largest absolute Gasteiger partial charge is 0.382 e. The lowest BCUT2D eigenvalue weighted by atomic mass is 10.0. The molecule has 0 aliphatic carbocycles. The smallest absolute Gasteiger partial charge is 0.266 e. The van der Waals surface area contributed by atoms with Crippen LogP contribution in [0.25, 0.3) is 0 Å². The first-order chi connectivity index (χ1) is 11.6. The third-order valence-corrected chi connectivity index (χ3v) is 4.33. The van der Waals surface area contributed by atoms with Crippen LogP contribution in [0.4, 0.5) is 0 Å². The third kappa shape index (κ3) is 3.91. The second kappa shape index (κ2) is 7.44. The highest BCUT2D eigenvalue weighted by Crippen LogP contribution is 2.19. The van der Waals surface area contributed by atoms with Gasteiger partial charge in [-0.2, -0.15) is 0 Å². The van der Waals surface area contributed by atoms with Crippen molar-refractivity contribution < 1.29 is 14.4 Å². The van der Waals surface area contributed by atoms with Crippen LogP contribution in [0.2, 0.25) is 0 Å². The molecule has 1 saturated heterocycles. The zero-order chi connectivity index (χ0) is 16.9. The number of carbonyl (C=O) groups is 2. The molecule has 1 aromatic rings. The maximum atomic E-state index is 12.7. The summed E-state index contributed by atoms with van der Waals surface area (Å²) < 4.78 is 0. The van der Waals surface area contributed by atoms with Crippen LogP contribution in [0, 0.1) is 0 Å². The molecule has 128 valence electrons. The average Bonchev–Trinajstić information content (AvgIpc) is 2.96. The Morgan fingerprint density at radius 1 is 1.17 bits per heavy atom. The van der Waals surface area contributed by atoms with Crippen molar-refractivity contribution in [3.8, 4) is 0 Å². The number of hydrogen-bond donors (Lipinski definition) is 1. The van der Waals surface area contributed by atoms with Crippen molar-refractivity contribution in [2.24, 2.45) is 10.9 Å². The molecule has 0 bridgehead atoms. The van der Waals surface area contributed by atoms with E-state index in [2.05, 4.69) is 5.16 Å². The van der Waals surface area contributed by atoms with Gasteiger partial charge >= 0.3 is 0 Å². The molecule has 1 fully saturated rings. The van der Waals surface area contributed by atoms with Crippen LogP contribution < -0.4 is 5.73 Å². The number of oxime groups is 1. The lowest BCUT2D eigenvalue weighted by Crippen LogP contribution is -2.42. The first-order valence-electron chi connectivity index (χ1n) is 8.21. The van der Waals surface area contributed by atoms with E-state index in [9.17, 15) is 9.59 Å². The summed E-state index contributed by atoms with van der Waals surface area (Å²) in [6.45, 7) is 2.89. The minimum atomic E-state index is -0.553. The summed E-state index contributed by atoms with van der Waals surface area (Å²) in [5.41, 5.74) is 7.03. The van der Waals surface area contributed by atoms with Crippen molar-refractivity contribution in [2.45, 2.75) is 18.9 Å². The molecule has 0 aromatic heterocycles. The summed E-state index contributed by atoms with van der Waals surface area (Å²) in [5, 5.41) is 4.08. The van der Waals surface area contributed by atoms with Crippen molar-refractivity contribution in [1.29, 1.82) is 0 Å². The van der Waals surface area contributed by atoms with E-state index in [0.29, 0.717) is 26.1 Å². The Morgan fingerprint density at radius 3 is 2.71 bits per heavy atom. The predicted molar refractivity (Wildman–Crippen MR) is 89.3 cm³/mol. The molecule has 2 N–H and O–H groups in total. The van der Waals surface area contributed by atoms with Gasteiger partial charge in [0, 0.05) is 32.6 Å². The van der Waals surface area contributed by atoms with Gasteiger partial charge in [0.1, 0.15) is 0 Å². The fourth-order valence-electron chi connectivity index (χ4n) is 3.08. The van der Waals surface area contributed by atoms with E-state index in [1.165, 1.54) is 0 Å². The number of amides is 2. The minimum absolute atomic E-state index is 0.0365. The number of benzene rings is 1. The van der Waals surface area contributed by atoms with Gasteiger partial charge < -0.3 is 15.5 Å². The molecule has 0 saturated carbocycles. The Hall–Kier alpha value is -2.41. The van der Waals surface area contributed by atoms with Crippen LogP contribution in [-0.2, 0) is 14.4 Å². The number of nitrogens with two attached hydrogens (primary N) is 1. The first-order valence-corrected chi connectivity index (χ1v) is 8.21. The van der Waals surface area contributed by atoms with Crippen LogP contribution in [0.3, 0.4) is 0 Å². The van der Waals surface area contributed by atoms with Gasteiger partial charge in [-0.1, -0.05) is 35.5 Å². The molecular weight excluding hydrogens is 308 g/mol. The predicted octanol–water partition coefficient (Wildman–Crippen LogP) is 0.199. The summed E-state index contributed by atoms with van der Waals surface area (Å²) in [7, 11) is 0. The van der Waals surface area contributed by atoms with Crippen LogP contribution in [0.5, 0.6) is 0 Å². The van der Waals surface area contributed by atoms with Gasteiger partial charge in [-0.25, -0.2) is 0 Å². The highest BCUT2D eigenvalue weighted by Gasteiger charge is 2.33. The number of carbonyl (C=O) groups excluding carboxylic acids is 2. The van der Waals surface area contributed by atoms with Crippen molar-refractivity contribution in [1.82, 2.24) is 9.80 Å². The van der Waals surface area contributed by atoms with E-state index >= 15 is 0 Å².